The van der Waals surface area contributed by atoms with Crippen LogP contribution in [0.1, 0.15) is 21.5 Å². The van der Waals surface area contributed by atoms with Crippen molar-refractivity contribution in [2.75, 3.05) is 5.32 Å². The van der Waals surface area contributed by atoms with E-state index >= 15 is 0 Å². The molecule has 2 N–H and O–H groups in total. The maximum absolute atomic E-state index is 12.1. The number of aromatic carboxylic acids is 1. The Morgan fingerprint density at radius 3 is 2.52 bits per heavy atom. The fourth-order valence-corrected chi connectivity index (χ4v) is 2.14. The second kappa shape index (κ2) is 6.69. The zero-order chi connectivity index (χ0) is 17.0. The summed E-state index contributed by atoms with van der Waals surface area (Å²) in [5.41, 5.74) is 1.40. The lowest BCUT2D eigenvalue weighted by Crippen LogP contribution is -2.16. The normalized spacial score (nSPS) is 10.1. The van der Waals surface area contributed by atoms with E-state index in [0.717, 1.165) is 0 Å². The second-order valence-electron chi connectivity index (χ2n) is 4.95. The Kier molecular flexibility index (Phi) is 4.70. The van der Waals surface area contributed by atoms with Gasteiger partial charge < -0.3 is 10.4 Å². The molecule has 7 nitrogen and oxygen atoms in total. The number of carboxylic acids is 1. The van der Waals surface area contributed by atoms with Crippen molar-refractivity contribution in [3.63, 3.8) is 0 Å². The third-order valence-corrected chi connectivity index (χ3v) is 3.29. The van der Waals surface area contributed by atoms with E-state index in [2.05, 4.69) is 5.32 Å². The Hall–Kier alpha value is -3.22. The molecule has 0 fully saturated rings. The number of hydrogen-bond acceptors (Lipinski definition) is 4. The minimum Gasteiger partial charge on any atom is -0.478 e. The van der Waals surface area contributed by atoms with Gasteiger partial charge in [0.2, 0.25) is 5.91 Å². The van der Waals surface area contributed by atoms with Crippen LogP contribution in [0, 0.1) is 17.0 Å². The first kappa shape index (κ1) is 16.2. The first-order valence-electron chi connectivity index (χ1n) is 6.74. The Morgan fingerprint density at radius 1 is 1.22 bits per heavy atom. The number of carbonyl (C=O) groups is 2. The molecule has 0 heterocycles. The second-order valence-corrected chi connectivity index (χ2v) is 4.95. The number of hydrogen-bond donors (Lipinski definition) is 2. The summed E-state index contributed by atoms with van der Waals surface area (Å²) < 4.78 is 0. The predicted molar refractivity (Wildman–Crippen MR) is 83.6 cm³/mol. The van der Waals surface area contributed by atoms with Crippen molar-refractivity contribution >= 4 is 23.3 Å². The number of anilines is 1. The van der Waals surface area contributed by atoms with Crippen LogP contribution in [-0.2, 0) is 11.2 Å². The molecule has 0 aliphatic rings. The highest BCUT2D eigenvalue weighted by molar-refractivity contribution is 5.95. The number of nitro benzene ring substituents is 1. The number of carbonyl (C=O) groups excluding carboxylic acids is 1. The Balaban J connectivity index is 2.15. The van der Waals surface area contributed by atoms with Gasteiger partial charge in [-0.1, -0.05) is 18.2 Å². The molecule has 0 spiro atoms. The summed E-state index contributed by atoms with van der Waals surface area (Å²) in [5, 5.41) is 22.5. The number of rotatable bonds is 5. The smallest absolute Gasteiger partial charge is 0.335 e. The van der Waals surface area contributed by atoms with Gasteiger partial charge in [0.1, 0.15) is 0 Å². The molecule has 0 radical (unpaired) electrons. The van der Waals surface area contributed by atoms with Crippen molar-refractivity contribution in [1.29, 1.82) is 0 Å². The van der Waals surface area contributed by atoms with Gasteiger partial charge in [-0.25, -0.2) is 4.79 Å². The predicted octanol–water partition coefficient (Wildman–Crippen LogP) is 2.78. The molecule has 0 aliphatic carbocycles. The van der Waals surface area contributed by atoms with E-state index in [-0.39, 0.29) is 17.7 Å². The molecule has 0 atom stereocenters. The fraction of sp³-hybridized carbons (Fsp3) is 0.125. The summed E-state index contributed by atoms with van der Waals surface area (Å²) in [4.78, 5) is 33.4. The summed E-state index contributed by atoms with van der Waals surface area (Å²) >= 11 is 0. The first-order valence-corrected chi connectivity index (χ1v) is 6.74. The number of carboxylic acid groups (broad SMARTS) is 1. The van der Waals surface area contributed by atoms with Gasteiger partial charge in [-0.15, -0.1) is 0 Å². The van der Waals surface area contributed by atoms with Gasteiger partial charge in [-0.05, 0) is 30.7 Å². The standard InChI is InChI=1S/C16H14N2O5/c1-10-8-12(16(20)21)6-7-13(10)17-15(19)9-11-4-2-3-5-14(11)18(22)23/h2-8H,9H2,1H3,(H,17,19)(H,20,21). The quantitative estimate of drug-likeness (QED) is 0.651. The summed E-state index contributed by atoms with van der Waals surface area (Å²) in [6, 6.07) is 10.4. The number of aryl methyl sites for hydroxylation is 1. The molecule has 0 aliphatic heterocycles. The van der Waals surface area contributed by atoms with Crippen LogP contribution in [-0.4, -0.2) is 21.9 Å². The van der Waals surface area contributed by atoms with Gasteiger partial charge in [0.15, 0.2) is 0 Å². The average molecular weight is 314 g/mol. The maximum atomic E-state index is 12.1. The molecule has 0 saturated heterocycles. The minimum atomic E-state index is -1.05. The number of amides is 1. The van der Waals surface area contributed by atoms with E-state index in [0.29, 0.717) is 16.8 Å². The van der Waals surface area contributed by atoms with Crippen molar-refractivity contribution in [1.82, 2.24) is 0 Å². The monoisotopic (exact) mass is 314 g/mol. The number of nitrogens with one attached hydrogen (secondary N) is 1. The lowest BCUT2D eigenvalue weighted by Gasteiger charge is -2.09. The van der Waals surface area contributed by atoms with E-state index in [1.54, 1.807) is 13.0 Å². The highest BCUT2D eigenvalue weighted by atomic mass is 16.6. The largest absolute Gasteiger partial charge is 0.478 e. The molecular weight excluding hydrogens is 300 g/mol. The molecule has 0 saturated carbocycles. The van der Waals surface area contributed by atoms with Crippen LogP contribution in [0.3, 0.4) is 0 Å². The lowest BCUT2D eigenvalue weighted by atomic mass is 10.1. The van der Waals surface area contributed by atoms with Gasteiger partial charge >= 0.3 is 5.97 Å². The van der Waals surface area contributed by atoms with Crippen molar-refractivity contribution in [3.05, 3.63) is 69.3 Å². The third kappa shape index (κ3) is 3.91. The van der Waals surface area contributed by atoms with Crippen LogP contribution in [0.25, 0.3) is 0 Å². The summed E-state index contributed by atoms with van der Waals surface area (Å²) in [7, 11) is 0. The Morgan fingerprint density at radius 2 is 1.91 bits per heavy atom. The number of nitro groups is 1. The van der Waals surface area contributed by atoms with Gasteiger partial charge in [-0.3, -0.25) is 14.9 Å². The minimum absolute atomic E-state index is 0.111. The number of nitrogens with zero attached hydrogens (tertiary/aromatic N) is 1. The maximum Gasteiger partial charge on any atom is 0.335 e. The molecular formula is C16H14N2O5. The molecule has 23 heavy (non-hydrogen) atoms. The fourth-order valence-electron chi connectivity index (χ4n) is 2.14. The topological polar surface area (TPSA) is 110 Å². The highest BCUT2D eigenvalue weighted by Crippen LogP contribution is 2.20. The first-order chi connectivity index (χ1) is 10.9. The molecule has 1 amide bonds. The highest BCUT2D eigenvalue weighted by Gasteiger charge is 2.16. The zero-order valence-electron chi connectivity index (χ0n) is 12.3. The summed E-state index contributed by atoms with van der Waals surface area (Å²) in [5.74, 6) is -1.46. The van der Waals surface area contributed by atoms with E-state index in [9.17, 15) is 19.7 Å². The molecule has 2 aromatic rings. The average Bonchev–Trinajstić information content (AvgIpc) is 2.49. The van der Waals surface area contributed by atoms with E-state index < -0.39 is 16.8 Å². The van der Waals surface area contributed by atoms with E-state index in [4.69, 9.17) is 5.11 Å². The van der Waals surface area contributed by atoms with Crippen LogP contribution in [0.2, 0.25) is 0 Å². The van der Waals surface area contributed by atoms with Gasteiger partial charge in [0.25, 0.3) is 5.69 Å². The molecule has 118 valence electrons. The number of para-hydroxylation sites is 1. The molecule has 0 aromatic heterocycles. The van der Waals surface area contributed by atoms with Crippen LogP contribution in [0.15, 0.2) is 42.5 Å². The van der Waals surface area contributed by atoms with Crippen LogP contribution >= 0.6 is 0 Å². The molecule has 0 bridgehead atoms. The van der Waals surface area contributed by atoms with Crippen molar-refractivity contribution in [2.24, 2.45) is 0 Å². The van der Waals surface area contributed by atoms with Crippen LogP contribution in [0.4, 0.5) is 11.4 Å². The Labute approximate surface area is 131 Å². The van der Waals surface area contributed by atoms with E-state index in [1.165, 1.54) is 36.4 Å². The van der Waals surface area contributed by atoms with Crippen molar-refractivity contribution in [2.45, 2.75) is 13.3 Å². The third-order valence-electron chi connectivity index (χ3n) is 3.29. The van der Waals surface area contributed by atoms with E-state index in [1.807, 2.05) is 0 Å². The lowest BCUT2D eigenvalue weighted by molar-refractivity contribution is -0.385. The Bertz CT molecular complexity index is 786. The molecule has 2 rings (SSSR count). The molecule has 2 aromatic carbocycles. The van der Waals surface area contributed by atoms with Crippen molar-refractivity contribution in [3.8, 4) is 0 Å². The molecule has 0 unspecified atom stereocenters. The number of benzene rings is 2. The summed E-state index contributed by atoms with van der Waals surface area (Å²) in [6.07, 6.45) is -0.142. The molecule has 7 heteroatoms. The summed E-state index contributed by atoms with van der Waals surface area (Å²) in [6.45, 7) is 1.67. The van der Waals surface area contributed by atoms with Gasteiger partial charge in [0, 0.05) is 17.3 Å². The van der Waals surface area contributed by atoms with Gasteiger partial charge in [0.05, 0.1) is 16.9 Å². The van der Waals surface area contributed by atoms with Crippen molar-refractivity contribution < 1.29 is 19.6 Å². The zero-order valence-corrected chi connectivity index (χ0v) is 12.3. The van der Waals surface area contributed by atoms with Crippen LogP contribution < -0.4 is 5.32 Å². The van der Waals surface area contributed by atoms with Gasteiger partial charge in [-0.2, -0.15) is 0 Å². The SMILES string of the molecule is Cc1cc(C(=O)O)ccc1NC(=O)Cc1ccccc1[N+](=O)[O-]. The van der Waals surface area contributed by atoms with Crippen LogP contribution in [0.5, 0.6) is 0 Å².